The Morgan fingerprint density at radius 2 is 1.98 bits per heavy atom. The number of nitrogens with zero attached hydrogens (tertiary/aromatic N) is 4. The van der Waals surface area contributed by atoms with Gasteiger partial charge in [0.05, 0.1) is 35.3 Å². The van der Waals surface area contributed by atoms with Crippen molar-refractivity contribution >= 4 is 28.6 Å². The first-order valence-corrected chi connectivity index (χ1v) is 15.2. The Balaban J connectivity index is 1.11. The van der Waals surface area contributed by atoms with E-state index >= 15 is 0 Å². The zero-order chi connectivity index (χ0) is 31.3. The van der Waals surface area contributed by atoms with E-state index in [2.05, 4.69) is 16.0 Å². The number of hydrogen-bond acceptors (Lipinski definition) is 8. The summed E-state index contributed by atoms with van der Waals surface area (Å²) in [6, 6.07) is 12.1. The molecule has 1 unspecified atom stereocenters. The Hall–Kier alpha value is -4.00. The smallest absolute Gasteiger partial charge is 0.387 e. The summed E-state index contributed by atoms with van der Waals surface area (Å²) >= 11 is 6.03. The quantitative estimate of drug-likeness (QED) is 0.229. The molecule has 0 saturated carbocycles. The van der Waals surface area contributed by atoms with Crippen LogP contribution in [0, 0.1) is 0 Å². The molecule has 2 fully saturated rings. The normalized spacial score (nSPS) is 21.8. The number of imidazole rings is 1. The van der Waals surface area contributed by atoms with E-state index < -0.39 is 18.4 Å². The number of benzene rings is 2. The summed E-state index contributed by atoms with van der Waals surface area (Å²) in [6.07, 6.45) is 4.06. The van der Waals surface area contributed by atoms with Crippen molar-refractivity contribution in [3.63, 3.8) is 0 Å². The van der Waals surface area contributed by atoms with Crippen molar-refractivity contribution in [1.29, 1.82) is 0 Å². The number of aromatic carboxylic acids is 1. The van der Waals surface area contributed by atoms with Crippen LogP contribution in [0.1, 0.15) is 59.5 Å². The van der Waals surface area contributed by atoms with Gasteiger partial charge in [0.25, 0.3) is 5.79 Å². The second kappa shape index (κ2) is 11.7. The summed E-state index contributed by atoms with van der Waals surface area (Å²) in [5.74, 6) is -0.300. The fraction of sp³-hybridized carbons (Fsp3) is 0.406. The summed E-state index contributed by atoms with van der Waals surface area (Å²) in [5.41, 5.74) is 2.19. The minimum Gasteiger partial charge on any atom is -0.478 e. The lowest BCUT2D eigenvalue weighted by molar-refractivity contribution is -0.0722. The molecule has 0 bridgehead atoms. The SMILES string of the molecule is CC1(c2ccc(Cl)cn2)Oc2cccc(C3CCN(Cc4nc5c(OC(F)F)cc(C(=O)O)cc5n4C[C@@H]4CCO4)CC3)c2O1. The number of pyridine rings is 1. The van der Waals surface area contributed by atoms with Gasteiger partial charge >= 0.3 is 12.6 Å². The van der Waals surface area contributed by atoms with Crippen LogP contribution < -0.4 is 14.2 Å². The molecule has 1 N–H and O–H groups in total. The zero-order valence-corrected chi connectivity index (χ0v) is 25.2. The molecule has 2 atom stereocenters. The van der Waals surface area contributed by atoms with E-state index in [9.17, 15) is 18.7 Å². The van der Waals surface area contributed by atoms with Crippen LogP contribution in [0.4, 0.5) is 8.78 Å². The van der Waals surface area contributed by atoms with Crippen molar-refractivity contribution < 1.29 is 37.6 Å². The number of carbonyl (C=O) groups is 1. The molecule has 0 aliphatic carbocycles. The largest absolute Gasteiger partial charge is 0.478 e. The molecule has 4 aromatic rings. The van der Waals surface area contributed by atoms with Crippen molar-refractivity contribution in [3.05, 3.63) is 76.3 Å². The predicted octanol–water partition coefficient (Wildman–Crippen LogP) is 6.20. The topological polar surface area (TPSA) is 108 Å². The van der Waals surface area contributed by atoms with Gasteiger partial charge in [0.2, 0.25) is 0 Å². The average Bonchev–Trinajstić information content (AvgIpc) is 3.52. The van der Waals surface area contributed by atoms with Gasteiger partial charge in [0.15, 0.2) is 17.2 Å². The number of aromatic nitrogens is 3. The molecule has 2 aromatic carbocycles. The Morgan fingerprint density at radius 3 is 2.64 bits per heavy atom. The Labute approximate surface area is 262 Å². The van der Waals surface area contributed by atoms with Gasteiger partial charge in [0, 0.05) is 25.3 Å². The summed E-state index contributed by atoms with van der Waals surface area (Å²) in [6.45, 7) is 1.78. The highest BCUT2D eigenvalue weighted by molar-refractivity contribution is 6.30. The number of carboxylic acids is 1. The van der Waals surface area contributed by atoms with Gasteiger partial charge in [-0.2, -0.15) is 8.78 Å². The molecule has 2 aromatic heterocycles. The van der Waals surface area contributed by atoms with Gasteiger partial charge in [-0.1, -0.05) is 23.7 Å². The number of ether oxygens (including phenoxy) is 4. The van der Waals surface area contributed by atoms with Crippen molar-refractivity contribution in [2.75, 3.05) is 19.7 Å². The minimum absolute atomic E-state index is 0.0593. The maximum atomic E-state index is 13.3. The third-order valence-electron chi connectivity index (χ3n) is 8.74. The number of hydrogen-bond donors (Lipinski definition) is 1. The molecular formula is C32H31ClF2N4O6. The standard InChI is InChI=1S/C32H31ClF2N4O6/c1-32(26-6-5-20(33)15-36-26)44-24-4-2-3-22(29(24)45-32)18-7-10-38(11-8-18)17-27-37-28-23(39(27)16-21-9-12-42-21)13-19(30(40)41)14-25(28)43-31(34)35/h2-6,13-15,18,21,31H,7-12,16-17H2,1H3,(H,40,41)/t21-,32?/m0/s1. The minimum atomic E-state index is -3.12. The predicted molar refractivity (Wildman–Crippen MR) is 159 cm³/mol. The van der Waals surface area contributed by atoms with Crippen molar-refractivity contribution in [2.24, 2.45) is 0 Å². The summed E-state index contributed by atoms with van der Waals surface area (Å²) < 4.78 is 51.5. The Bertz CT molecular complexity index is 1740. The molecule has 0 spiro atoms. The number of piperidine rings is 1. The maximum Gasteiger partial charge on any atom is 0.387 e. The number of alkyl halides is 2. The lowest BCUT2D eigenvalue weighted by Crippen LogP contribution is -2.35. The maximum absolute atomic E-state index is 13.3. The first-order chi connectivity index (χ1) is 21.7. The number of likely N-dealkylation sites (tertiary alicyclic amines) is 1. The first kappa shape index (κ1) is 29.7. The van der Waals surface area contributed by atoms with E-state index in [4.69, 9.17) is 35.5 Å². The molecule has 3 aliphatic heterocycles. The van der Waals surface area contributed by atoms with Gasteiger partial charge in [-0.05, 0) is 68.6 Å². The molecule has 2 saturated heterocycles. The summed E-state index contributed by atoms with van der Waals surface area (Å²) in [5, 5.41) is 10.2. The highest BCUT2D eigenvalue weighted by atomic mass is 35.5. The van der Waals surface area contributed by atoms with Gasteiger partial charge in [-0.25, -0.2) is 9.78 Å². The van der Waals surface area contributed by atoms with Gasteiger partial charge in [0.1, 0.15) is 17.0 Å². The van der Waals surface area contributed by atoms with Crippen LogP contribution >= 0.6 is 11.6 Å². The zero-order valence-electron chi connectivity index (χ0n) is 24.4. The molecule has 0 amide bonds. The third kappa shape index (κ3) is 5.78. The molecule has 236 valence electrons. The third-order valence-corrected chi connectivity index (χ3v) is 8.96. The van der Waals surface area contributed by atoms with Gasteiger partial charge in [-0.15, -0.1) is 0 Å². The number of carboxylic acid groups (broad SMARTS) is 1. The van der Waals surface area contributed by atoms with Crippen molar-refractivity contribution in [1.82, 2.24) is 19.4 Å². The number of para-hydroxylation sites is 1. The van der Waals surface area contributed by atoms with Crippen LogP contribution in [0.2, 0.25) is 5.02 Å². The number of rotatable bonds is 9. The second-order valence-corrected chi connectivity index (χ2v) is 12.1. The van der Waals surface area contributed by atoms with Crippen LogP contribution in [-0.4, -0.2) is 62.9 Å². The first-order valence-electron chi connectivity index (χ1n) is 14.8. The Morgan fingerprint density at radius 1 is 1.18 bits per heavy atom. The van der Waals surface area contributed by atoms with Crippen LogP contribution in [0.5, 0.6) is 17.2 Å². The molecule has 3 aliphatic rings. The fourth-order valence-corrected chi connectivity index (χ4v) is 6.44. The summed E-state index contributed by atoms with van der Waals surface area (Å²) in [4.78, 5) is 23.2. The molecule has 7 rings (SSSR count). The highest BCUT2D eigenvalue weighted by Gasteiger charge is 2.42. The average molecular weight is 641 g/mol. The van der Waals surface area contributed by atoms with Gasteiger partial charge in [-0.3, -0.25) is 9.88 Å². The van der Waals surface area contributed by atoms with E-state index in [1.54, 1.807) is 18.3 Å². The molecule has 13 heteroatoms. The van der Waals surface area contributed by atoms with E-state index in [1.165, 1.54) is 6.07 Å². The van der Waals surface area contributed by atoms with Crippen LogP contribution in [-0.2, 0) is 23.6 Å². The van der Waals surface area contributed by atoms with E-state index in [0.29, 0.717) is 47.5 Å². The van der Waals surface area contributed by atoms with Crippen LogP contribution in [0.3, 0.4) is 0 Å². The molecular weight excluding hydrogens is 610 g/mol. The lowest BCUT2D eigenvalue weighted by atomic mass is 9.88. The monoisotopic (exact) mass is 640 g/mol. The molecule has 0 radical (unpaired) electrons. The van der Waals surface area contributed by atoms with Crippen LogP contribution in [0.15, 0.2) is 48.7 Å². The summed E-state index contributed by atoms with van der Waals surface area (Å²) in [7, 11) is 0. The number of fused-ring (bicyclic) bond motifs is 2. The lowest BCUT2D eigenvalue weighted by Gasteiger charge is -2.33. The van der Waals surface area contributed by atoms with E-state index in [0.717, 1.165) is 49.7 Å². The van der Waals surface area contributed by atoms with E-state index in [1.807, 2.05) is 23.6 Å². The van der Waals surface area contributed by atoms with Crippen molar-refractivity contribution in [2.45, 2.75) is 63.7 Å². The fourth-order valence-electron chi connectivity index (χ4n) is 6.33. The molecule has 5 heterocycles. The van der Waals surface area contributed by atoms with E-state index in [-0.39, 0.29) is 28.9 Å². The molecule has 10 nitrogen and oxygen atoms in total. The van der Waals surface area contributed by atoms with Crippen LogP contribution in [0.25, 0.3) is 11.0 Å². The van der Waals surface area contributed by atoms with Gasteiger partial charge < -0.3 is 28.6 Å². The Kier molecular flexibility index (Phi) is 7.74. The number of halogens is 3. The second-order valence-electron chi connectivity index (χ2n) is 11.7. The van der Waals surface area contributed by atoms with Crippen molar-refractivity contribution in [3.8, 4) is 17.2 Å². The highest BCUT2D eigenvalue weighted by Crippen LogP contribution is 2.49. The molecule has 45 heavy (non-hydrogen) atoms.